The van der Waals surface area contributed by atoms with Crippen molar-refractivity contribution in [3.8, 4) is 0 Å². The minimum atomic E-state index is -0.539. The van der Waals surface area contributed by atoms with Crippen LogP contribution in [0.2, 0.25) is 0 Å². The maximum atomic E-state index is 12.5. The van der Waals surface area contributed by atoms with Gasteiger partial charge in [-0.1, -0.05) is 0 Å². The first-order chi connectivity index (χ1) is 9.63. The number of nitrogen functional groups attached to an aromatic ring is 1. The summed E-state index contributed by atoms with van der Waals surface area (Å²) in [4.78, 5) is 24.4. The molecule has 0 atom stereocenters. The fourth-order valence-corrected chi connectivity index (χ4v) is 2.07. The molecule has 2 rings (SSSR count). The molecule has 1 aliphatic rings. The summed E-state index contributed by atoms with van der Waals surface area (Å²) in [5.41, 5.74) is 2.82. The van der Waals surface area contributed by atoms with Gasteiger partial charge in [0.25, 0.3) is 11.6 Å². The van der Waals surface area contributed by atoms with Crippen molar-refractivity contribution in [3.05, 3.63) is 33.9 Å². The minimum absolute atomic E-state index is 0.140. The summed E-state index contributed by atoms with van der Waals surface area (Å²) in [5, 5.41) is 10.8. The molecule has 1 fully saturated rings. The highest BCUT2D eigenvalue weighted by molar-refractivity contribution is 6.00. The number of non-ortho nitro benzene ring substituents is 1. The van der Waals surface area contributed by atoms with Crippen molar-refractivity contribution in [2.24, 2.45) is 5.84 Å². The van der Waals surface area contributed by atoms with Crippen LogP contribution in [0.15, 0.2) is 18.2 Å². The van der Waals surface area contributed by atoms with Crippen molar-refractivity contribution in [2.75, 3.05) is 31.7 Å². The maximum Gasteiger partial charge on any atom is 0.270 e. The minimum Gasteiger partial charge on any atom is -0.380 e. The Morgan fingerprint density at radius 1 is 1.40 bits per heavy atom. The molecule has 8 heteroatoms. The van der Waals surface area contributed by atoms with Crippen molar-refractivity contribution in [2.45, 2.75) is 6.42 Å². The number of anilines is 1. The van der Waals surface area contributed by atoms with E-state index in [1.807, 2.05) is 0 Å². The second-order valence-corrected chi connectivity index (χ2v) is 4.39. The summed E-state index contributed by atoms with van der Waals surface area (Å²) < 4.78 is 5.29. The summed E-state index contributed by atoms with van der Waals surface area (Å²) in [6.45, 7) is 2.10. The van der Waals surface area contributed by atoms with Gasteiger partial charge in [0.1, 0.15) is 0 Å². The van der Waals surface area contributed by atoms with Gasteiger partial charge in [0.15, 0.2) is 0 Å². The molecule has 0 saturated carbocycles. The molecular weight excluding hydrogens is 264 g/mol. The normalized spacial score (nSPS) is 15.6. The molecule has 1 amide bonds. The molecule has 0 aliphatic carbocycles. The first-order valence-corrected chi connectivity index (χ1v) is 6.25. The zero-order chi connectivity index (χ0) is 14.5. The fourth-order valence-electron chi connectivity index (χ4n) is 2.07. The standard InChI is InChI=1S/C12H16N4O4/c13-14-11-3-2-9(16(18)19)8-10(11)12(17)15-4-1-6-20-7-5-15/h2-3,8,14H,1,4-7,13H2. The average Bonchev–Trinajstić information content (AvgIpc) is 2.74. The number of nitro benzene ring substituents is 1. The van der Waals surface area contributed by atoms with Gasteiger partial charge in [0.05, 0.1) is 22.8 Å². The van der Waals surface area contributed by atoms with Gasteiger partial charge < -0.3 is 15.1 Å². The smallest absolute Gasteiger partial charge is 0.270 e. The predicted molar refractivity (Wildman–Crippen MR) is 72.2 cm³/mol. The van der Waals surface area contributed by atoms with Crippen molar-refractivity contribution >= 4 is 17.3 Å². The lowest BCUT2D eigenvalue weighted by molar-refractivity contribution is -0.384. The van der Waals surface area contributed by atoms with Gasteiger partial charge in [0.2, 0.25) is 0 Å². The number of hydrogen-bond acceptors (Lipinski definition) is 6. The van der Waals surface area contributed by atoms with Crippen LogP contribution in [-0.4, -0.2) is 42.0 Å². The van der Waals surface area contributed by atoms with Crippen LogP contribution in [0.4, 0.5) is 11.4 Å². The lowest BCUT2D eigenvalue weighted by Crippen LogP contribution is -2.34. The predicted octanol–water partition coefficient (Wildman–Crippen LogP) is 0.743. The Balaban J connectivity index is 2.31. The van der Waals surface area contributed by atoms with E-state index in [4.69, 9.17) is 10.6 Å². The highest BCUT2D eigenvalue weighted by Crippen LogP contribution is 2.23. The number of nitrogens with two attached hydrogens (primary N) is 1. The molecule has 0 radical (unpaired) electrons. The molecule has 0 spiro atoms. The Morgan fingerprint density at radius 3 is 2.90 bits per heavy atom. The topological polar surface area (TPSA) is 111 Å². The molecule has 20 heavy (non-hydrogen) atoms. The van der Waals surface area contributed by atoms with E-state index in [2.05, 4.69) is 5.43 Å². The second kappa shape index (κ2) is 6.31. The first kappa shape index (κ1) is 14.2. The Labute approximate surface area is 115 Å². The van der Waals surface area contributed by atoms with Gasteiger partial charge >= 0.3 is 0 Å². The fraction of sp³-hybridized carbons (Fsp3) is 0.417. The molecule has 0 bridgehead atoms. The quantitative estimate of drug-likeness (QED) is 0.480. The van der Waals surface area contributed by atoms with Gasteiger partial charge in [-0.25, -0.2) is 0 Å². The molecular formula is C12H16N4O4. The van der Waals surface area contributed by atoms with E-state index in [-0.39, 0.29) is 17.2 Å². The largest absolute Gasteiger partial charge is 0.380 e. The van der Waals surface area contributed by atoms with E-state index in [1.54, 1.807) is 4.90 Å². The lowest BCUT2D eigenvalue weighted by atomic mass is 10.1. The van der Waals surface area contributed by atoms with Crippen LogP contribution in [0.1, 0.15) is 16.8 Å². The van der Waals surface area contributed by atoms with Gasteiger partial charge in [-0.05, 0) is 12.5 Å². The number of benzene rings is 1. The van der Waals surface area contributed by atoms with Crippen molar-refractivity contribution in [1.82, 2.24) is 4.90 Å². The maximum absolute atomic E-state index is 12.5. The highest BCUT2D eigenvalue weighted by atomic mass is 16.6. The van der Waals surface area contributed by atoms with E-state index in [9.17, 15) is 14.9 Å². The monoisotopic (exact) mass is 280 g/mol. The lowest BCUT2D eigenvalue weighted by Gasteiger charge is -2.20. The van der Waals surface area contributed by atoms with E-state index in [0.29, 0.717) is 32.0 Å². The summed E-state index contributed by atoms with van der Waals surface area (Å²) in [6.07, 6.45) is 0.742. The molecule has 1 saturated heterocycles. The number of nitrogens with one attached hydrogen (secondary N) is 1. The zero-order valence-electron chi connectivity index (χ0n) is 10.9. The summed E-state index contributed by atoms with van der Waals surface area (Å²) >= 11 is 0. The molecule has 1 aromatic carbocycles. The second-order valence-electron chi connectivity index (χ2n) is 4.39. The van der Waals surface area contributed by atoms with E-state index >= 15 is 0 Å². The number of nitro groups is 1. The van der Waals surface area contributed by atoms with Crippen LogP contribution in [0.3, 0.4) is 0 Å². The van der Waals surface area contributed by atoms with Gasteiger partial charge in [-0.15, -0.1) is 0 Å². The summed E-state index contributed by atoms with van der Waals surface area (Å²) in [6, 6.07) is 3.97. The molecule has 1 aliphatic heterocycles. The molecule has 0 unspecified atom stereocenters. The van der Waals surface area contributed by atoms with Crippen LogP contribution >= 0.6 is 0 Å². The third kappa shape index (κ3) is 3.03. The molecule has 0 aromatic heterocycles. The number of rotatable bonds is 3. The molecule has 1 aromatic rings. The van der Waals surface area contributed by atoms with Crippen LogP contribution < -0.4 is 11.3 Å². The first-order valence-electron chi connectivity index (χ1n) is 6.25. The van der Waals surface area contributed by atoms with Gasteiger partial charge in [-0.3, -0.25) is 20.8 Å². The SMILES string of the molecule is NNc1ccc([N+](=O)[O-])cc1C(=O)N1CCCOCC1. The van der Waals surface area contributed by atoms with E-state index in [0.717, 1.165) is 6.42 Å². The van der Waals surface area contributed by atoms with Crippen LogP contribution in [-0.2, 0) is 4.74 Å². The summed E-state index contributed by atoms with van der Waals surface area (Å²) in [7, 11) is 0. The Hall–Kier alpha value is -2.19. The Kier molecular flexibility index (Phi) is 4.49. The third-order valence-corrected chi connectivity index (χ3v) is 3.11. The number of amides is 1. The summed E-state index contributed by atoms with van der Waals surface area (Å²) in [5.74, 6) is 5.07. The van der Waals surface area contributed by atoms with Crippen LogP contribution in [0.5, 0.6) is 0 Å². The molecule has 3 N–H and O–H groups in total. The number of ether oxygens (including phenoxy) is 1. The van der Waals surface area contributed by atoms with E-state index in [1.165, 1.54) is 18.2 Å². The van der Waals surface area contributed by atoms with Gasteiger partial charge in [-0.2, -0.15) is 0 Å². The van der Waals surface area contributed by atoms with Crippen LogP contribution in [0, 0.1) is 10.1 Å². The van der Waals surface area contributed by atoms with Crippen molar-refractivity contribution in [1.29, 1.82) is 0 Å². The van der Waals surface area contributed by atoms with Gasteiger partial charge in [0, 0.05) is 31.8 Å². The number of carbonyl (C=O) groups is 1. The van der Waals surface area contributed by atoms with Crippen LogP contribution in [0.25, 0.3) is 0 Å². The van der Waals surface area contributed by atoms with Crippen molar-refractivity contribution < 1.29 is 14.5 Å². The molecule has 1 heterocycles. The number of hydrogen-bond donors (Lipinski definition) is 2. The molecule has 108 valence electrons. The highest BCUT2D eigenvalue weighted by Gasteiger charge is 2.22. The van der Waals surface area contributed by atoms with Crippen molar-refractivity contribution in [3.63, 3.8) is 0 Å². The third-order valence-electron chi connectivity index (χ3n) is 3.11. The Morgan fingerprint density at radius 2 is 2.20 bits per heavy atom. The average molecular weight is 280 g/mol. The number of nitrogens with zero attached hydrogens (tertiary/aromatic N) is 2. The zero-order valence-corrected chi connectivity index (χ0v) is 10.9. The number of carbonyl (C=O) groups excluding carboxylic acids is 1. The molecule has 8 nitrogen and oxygen atoms in total. The Bertz CT molecular complexity index is 512. The number of hydrazine groups is 1. The van der Waals surface area contributed by atoms with E-state index < -0.39 is 4.92 Å².